The molecule has 2 aliphatic rings. The molecule has 1 aliphatic carbocycles. The van der Waals surface area contributed by atoms with Gasteiger partial charge in [0.1, 0.15) is 0 Å². The summed E-state index contributed by atoms with van der Waals surface area (Å²) in [4.78, 5) is 0. The molecule has 27 heavy (non-hydrogen) atoms. The van der Waals surface area contributed by atoms with Crippen LogP contribution in [0.25, 0.3) is 11.1 Å². The van der Waals surface area contributed by atoms with Crippen LogP contribution < -0.4 is 5.32 Å². The number of fused-ring (bicyclic) bond motifs is 3. The van der Waals surface area contributed by atoms with E-state index in [1.54, 1.807) is 0 Å². The van der Waals surface area contributed by atoms with Crippen LogP contribution in [0.2, 0.25) is 10.0 Å². The molecule has 134 valence electrons. The van der Waals surface area contributed by atoms with Gasteiger partial charge in [-0.05, 0) is 58.9 Å². The summed E-state index contributed by atoms with van der Waals surface area (Å²) in [5.41, 5.74) is 6.31. The monoisotopic (exact) mass is 391 g/mol. The lowest BCUT2D eigenvalue weighted by Gasteiger charge is -2.38. The van der Waals surface area contributed by atoms with Crippen molar-refractivity contribution in [2.24, 2.45) is 5.92 Å². The number of hydrogen-bond acceptors (Lipinski definition) is 1. The Balaban J connectivity index is 1.56. The van der Waals surface area contributed by atoms with Crippen LogP contribution in [0, 0.1) is 5.92 Å². The van der Waals surface area contributed by atoms with Gasteiger partial charge in [-0.1, -0.05) is 77.8 Å². The van der Waals surface area contributed by atoms with E-state index in [2.05, 4.69) is 72.1 Å². The zero-order chi connectivity index (χ0) is 18.4. The quantitative estimate of drug-likeness (QED) is 0.446. The van der Waals surface area contributed by atoms with Crippen molar-refractivity contribution in [3.05, 3.63) is 100 Å². The van der Waals surface area contributed by atoms with Crippen LogP contribution in [0.1, 0.15) is 29.5 Å². The summed E-state index contributed by atoms with van der Waals surface area (Å²) in [6, 6.07) is 23.5. The summed E-state index contributed by atoms with van der Waals surface area (Å²) in [6.07, 6.45) is 5.74. The maximum absolute atomic E-state index is 6.29. The molecule has 0 saturated heterocycles. The summed E-state index contributed by atoms with van der Waals surface area (Å²) in [5.74, 6) is 0.908. The Hall–Kier alpha value is -2.22. The highest BCUT2D eigenvalue weighted by molar-refractivity contribution is 6.42. The second kappa shape index (κ2) is 6.74. The average Bonchev–Trinajstić information content (AvgIpc) is 3.20. The minimum Gasteiger partial charge on any atom is -0.378 e. The lowest BCUT2D eigenvalue weighted by Crippen LogP contribution is -2.29. The van der Waals surface area contributed by atoms with Crippen molar-refractivity contribution < 1.29 is 0 Å². The smallest absolute Gasteiger partial charge is 0.0595 e. The summed E-state index contributed by atoms with van der Waals surface area (Å²) in [5, 5.41) is 4.98. The first-order valence-corrected chi connectivity index (χ1v) is 10.0. The highest BCUT2D eigenvalue weighted by atomic mass is 35.5. The number of halogens is 2. The molecule has 0 bridgehead atoms. The second-order valence-electron chi connectivity index (χ2n) is 7.32. The van der Waals surface area contributed by atoms with E-state index in [-0.39, 0.29) is 6.04 Å². The van der Waals surface area contributed by atoms with Gasteiger partial charge < -0.3 is 5.32 Å². The molecule has 3 aromatic rings. The first-order chi connectivity index (χ1) is 13.2. The number of benzene rings is 3. The standard InChI is InChI=1S/C24H19Cl2N/c25-21-11-9-17(14-22(21)26)24-19-8-4-7-18(19)20-13-16(10-12-23(20)27-24)15-5-2-1-3-6-15/h1-7,9-14,18-19,24,27H,8H2/t18-,19+,24-/m0/s1. The van der Waals surface area contributed by atoms with Crippen LogP contribution >= 0.6 is 23.2 Å². The highest BCUT2D eigenvalue weighted by Crippen LogP contribution is 2.50. The molecule has 0 unspecified atom stereocenters. The lowest BCUT2D eigenvalue weighted by atomic mass is 9.76. The van der Waals surface area contributed by atoms with Crippen molar-refractivity contribution in [3.63, 3.8) is 0 Å². The predicted molar refractivity (Wildman–Crippen MR) is 115 cm³/mol. The SMILES string of the molecule is Clc1ccc([C@@H]2Nc3ccc(-c4ccccc4)cc3[C@H]3C=CC[C@H]32)cc1Cl. The molecule has 3 heteroatoms. The molecule has 0 fully saturated rings. The lowest BCUT2D eigenvalue weighted by molar-refractivity contribution is 0.425. The maximum Gasteiger partial charge on any atom is 0.0595 e. The molecule has 0 saturated carbocycles. The normalized spacial score (nSPS) is 22.8. The van der Waals surface area contributed by atoms with E-state index in [1.807, 2.05) is 12.1 Å². The van der Waals surface area contributed by atoms with Crippen molar-refractivity contribution in [1.29, 1.82) is 0 Å². The van der Waals surface area contributed by atoms with E-state index >= 15 is 0 Å². The molecular weight excluding hydrogens is 373 g/mol. The zero-order valence-corrected chi connectivity index (χ0v) is 16.2. The third-order valence-corrected chi connectivity index (χ3v) is 6.51. The first-order valence-electron chi connectivity index (χ1n) is 9.28. The molecule has 0 aromatic heterocycles. The molecule has 0 spiro atoms. The predicted octanol–water partition coefficient (Wildman–Crippen LogP) is 7.49. The van der Waals surface area contributed by atoms with Crippen LogP contribution in [0.5, 0.6) is 0 Å². The van der Waals surface area contributed by atoms with Crippen molar-refractivity contribution in [3.8, 4) is 11.1 Å². The van der Waals surface area contributed by atoms with Crippen LogP contribution in [0.4, 0.5) is 5.69 Å². The zero-order valence-electron chi connectivity index (χ0n) is 14.7. The molecule has 0 radical (unpaired) electrons. The Bertz CT molecular complexity index is 1030. The second-order valence-corrected chi connectivity index (χ2v) is 8.13. The Morgan fingerprint density at radius 2 is 1.67 bits per heavy atom. The fourth-order valence-corrected chi connectivity index (χ4v) is 4.75. The Labute approximate surface area is 169 Å². The average molecular weight is 392 g/mol. The van der Waals surface area contributed by atoms with Crippen LogP contribution in [0.3, 0.4) is 0 Å². The van der Waals surface area contributed by atoms with E-state index in [0.29, 0.717) is 21.9 Å². The number of hydrogen-bond donors (Lipinski definition) is 1. The molecule has 1 N–H and O–H groups in total. The summed E-state index contributed by atoms with van der Waals surface area (Å²) >= 11 is 12.4. The van der Waals surface area contributed by atoms with Gasteiger partial charge in [-0.2, -0.15) is 0 Å². The van der Waals surface area contributed by atoms with Crippen molar-refractivity contribution >= 4 is 28.9 Å². The Kier molecular flexibility index (Phi) is 4.22. The van der Waals surface area contributed by atoms with Gasteiger partial charge in [-0.25, -0.2) is 0 Å². The molecule has 1 aliphatic heterocycles. The van der Waals surface area contributed by atoms with Gasteiger partial charge in [0.15, 0.2) is 0 Å². The largest absolute Gasteiger partial charge is 0.378 e. The molecule has 3 atom stereocenters. The van der Waals surface area contributed by atoms with Crippen molar-refractivity contribution in [1.82, 2.24) is 0 Å². The molecule has 1 nitrogen and oxygen atoms in total. The van der Waals surface area contributed by atoms with Gasteiger partial charge in [0, 0.05) is 11.6 Å². The topological polar surface area (TPSA) is 12.0 Å². The van der Waals surface area contributed by atoms with Gasteiger partial charge in [0.05, 0.1) is 16.1 Å². The van der Waals surface area contributed by atoms with E-state index in [0.717, 1.165) is 6.42 Å². The van der Waals surface area contributed by atoms with Crippen molar-refractivity contribution in [2.45, 2.75) is 18.4 Å². The highest BCUT2D eigenvalue weighted by Gasteiger charge is 2.38. The first kappa shape index (κ1) is 16.9. The molecule has 0 amide bonds. The van der Waals surface area contributed by atoms with E-state index in [4.69, 9.17) is 23.2 Å². The van der Waals surface area contributed by atoms with Crippen LogP contribution in [-0.4, -0.2) is 0 Å². The molecule has 5 rings (SSSR count). The number of nitrogens with one attached hydrogen (secondary N) is 1. The number of anilines is 1. The Morgan fingerprint density at radius 3 is 2.48 bits per heavy atom. The van der Waals surface area contributed by atoms with Crippen molar-refractivity contribution in [2.75, 3.05) is 5.32 Å². The van der Waals surface area contributed by atoms with E-state index in [1.165, 1.54) is 27.9 Å². The third-order valence-electron chi connectivity index (χ3n) is 5.77. The van der Waals surface area contributed by atoms with Gasteiger partial charge in [-0.15, -0.1) is 0 Å². The van der Waals surface area contributed by atoms with Crippen LogP contribution in [0.15, 0.2) is 78.9 Å². The van der Waals surface area contributed by atoms with Gasteiger partial charge in [0.25, 0.3) is 0 Å². The third kappa shape index (κ3) is 2.96. The molecule has 3 aromatic carbocycles. The minimum atomic E-state index is 0.231. The Morgan fingerprint density at radius 1 is 0.815 bits per heavy atom. The maximum atomic E-state index is 6.29. The summed E-state index contributed by atoms with van der Waals surface area (Å²) < 4.78 is 0. The van der Waals surface area contributed by atoms with Gasteiger partial charge in [0.2, 0.25) is 0 Å². The van der Waals surface area contributed by atoms with Gasteiger partial charge in [-0.3, -0.25) is 0 Å². The minimum absolute atomic E-state index is 0.231. The molecular formula is C24H19Cl2N. The fraction of sp³-hybridized carbons (Fsp3) is 0.167. The van der Waals surface area contributed by atoms with Crippen LogP contribution in [-0.2, 0) is 0 Å². The number of allylic oxidation sites excluding steroid dienone is 2. The summed E-state index contributed by atoms with van der Waals surface area (Å²) in [6.45, 7) is 0. The number of rotatable bonds is 2. The fourth-order valence-electron chi connectivity index (χ4n) is 4.44. The molecule has 1 heterocycles. The van der Waals surface area contributed by atoms with E-state index < -0.39 is 0 Å². The van der Waals surface area contributed by atoms with E-state index in [9.17, 15) is 0 Å². The van der Waals surface area contributed by atoms with Gasteiger partial charge >= 0.3 is 0 Å². The summed E-state index contributed by atoms with van der Waals surface area (Å²) in [7, 11) is 0.